The fraction of sp³-hybridized carbons (Fsp3) is 0.375. The minimum Gasteiger partial charge on any atom is -0.369 e. The maximum Gasteiger partial charge on any atom is 0.408 e. The van der Waals surface area contributed by atoms with Crippen LogP contribution >= 0.6 is 0 Å². The number of H-pyrrole nitrogens is 1. The number of nitrogens with zero attached hydrogens (tertiary/aromatic N) is 5. The fourth-order valence-electron chi connectivity index (χ4n) is 1.40. The monoisotopic (exact) mass is 275 g/mol. The standard InChI is InChI=1S/C8H8F3N7O/c9-8(10,11)3-18-7(4-2-13-17-15-4)14-6(16-18)1-5(12)19/h2H,1,3H2,(H2,12,19)(H,13,15,17). The molecule has 2 rings (SSSR count). The van der Waals surface area contributed by atoms with Crippen molar-refractivity contribution in [2.75, 3.05) is 0 Å². The fourth-order valence-corrected chi connectivity index (χ4v) is 1.40. The predicted molar refractivity (Wildman–Crippen MR) is 54.4 cm³/mol. The molecule has 0 saturated heterocycles. The van der Waals surface area contributed by atoms with Crippen molar-refractivity contribution in [1.82, 2.24) is 30.2 Å². The van der Waals surface area contributed by atoms with E-state index in [9.17, 15) is 18.0 Å². The average molecular weight is 275 g/mol. The van der Waals surface area contributed by atoms with Gasteiger partial charge in [0.2, 0.25) is 5.91 Å². The lowest BCUT2D eigenvalue weighted by Crippen LogP contribution is -2.20. The van der Waals surface area contributed by atoms with Gasteiger partial charge >= 0.3 is 6.18 Å². The summed E-state index contributed by atoms with van der Waals surface area (Å²) in [5.41, 5.74) is 5.04. The Morgan fingerprint density at radius 3 is 2.74 bits per heavy atom. The molecule has 11 heteroatoms. The molecule has 2 heterocycles. The van der Waals surface area contributed by atoms with Gasteiger partial charge in [-0.15, -0.1) is 0 Å². The summed E-state index contributed by atoms with van der Waals surface area (Å²) in [5.74, 6) is -0.979. The molecule has 0 aliphatic carbocycles. The Balaban J connectivity index is 2.38. The molecule has 102 valence electrons. The maximum atomic E-state index is 12.4. The van der Waals surface area contributed by atoms with E-state index < -0.39 is 18.6 Å². The summed E-state index contributed by atoms with van der Waals surface area (Å²) in [7, 11) is 0. The number of amides is 1. The summed E-state index contributed by atoms with van der Waals surface area (Å²) in [5, 5.41) is 13.0. The van der Waals surface area contributed by atoms with Gasteiger partial charge in [-0.1, -0.05) is 0 Å². The molecule has 0 fully saturated rings. The highest BCUT2D eigenvalue weighted by atomic mass is 19.4. The van der Waals surface area contributed by atoms with Crippen LogP contribution in [0.1, 0.15) is 5.82 Å². The van der Waals surface area contributed by atoms with Crippen molar-refractivity contribution in [3.05, 3.63) is 12.0 Å². The number of hydrogen-bond donors (Lipinski definition) is 2. The van der Waals surface area contributed by atoms with Crippen LogP contribution in [0.4, 0.5) is 13.2 Å². The van der Waals surface area contributed by atoms with E-state index in [0.717, 1.165) is 0 Å². The van der Waals surface area contributed by atoms with E-state index in [1.54, 1.807) is 0 Å². The molecule has 0 aliphatic heterocycles. The van der Waals surface area contributed by atoms with Gasteiger partial charge in [0.05, 0.1) is 12.6 Å². The Kier molecular flexibility index (Phi) is 3.19. The van der Waals surface area contributed by atoms with E-state index >= 15 is 0 Å². The molecule has 0 unspecified atom stereocenters. The van der Waals surface area contributed by atoms with Crippen LogP contribution in [-0.4, -0.2) is 42.3 Å². The summed E-state index contributed by atoms with van der Waals surface area (Å²) in [6, 6.07) is 0. The molecule has 0 saturated carbocycles. The van der Waals surface area contributed by atoms with Crippen LogP contribution < -0.4 is 5.73 Å². The third kappa shape index (κ3) is 3.26. The molecule has 2 aromatic heterocycles. The zero-order chi connectivity index (χ0) is 14.0. The van der Waals surface area contributed by atoms with Gasteiger partial charge in [0.25, 0.3) is 0 Å². The van der Waals surface area contributed by atoms with Crippen LogP contribution in [-0.2, 0) is 17.8 Å². The van der Waals surface area contributed by atoms with Gasteiger partial charge in [-0.2, -0.15) is 33.7 Å². The van der Waals surface area contributed by atoms with Gasteiger partial charge in [0, 0.05) is 0 Å². The van der Waals surface area contributed by atoms with Crippen LogP contribution in [0.15, 0.2) is 6.20 Å². The number of carbonyl (C=O) groups excluding carboxylic acids is 1. The second-order valence-electron chi connectivity index (χ2n) is 3.62. The quantitative estimate of drug-likeness (QED) is 0.791. The summed E-state index contributed by atoms with van der Waals surface area (Å²) in [6.07, 6.45) is -3.63. The Morgan fingerprint density at radius 2 is 2.21 bits per heavy atom. The van der Waals surface area contributed by atoms with Crippen molar-refractivity contribution in [3.63, 3.8) is 0 Å². The highest BCUT2D eigenvalue weighted by Crippen LogP contribution is 2.21. The van der Waals surface area contributed by atoms with Crippen LogP contribution in [0.3, 0.4) is 0 Å². The zero-order valence-corrected chi connectivity index (χ0v) is 9.35. The van der Waals surface area contributed by atoms with Gasteiger partial charge < -0.3 is 5.73 Å². The molecule has 3 N–H and O–H groups in total. The lowest BCUT2D eigenvalue weighted by atomic mass is 10.4. The summed E-state index contributed by atoms with van der Waals surface area (Å²) in [6.45, 7) is -1.35. The van der Waals surface area contributed by atoms with Gasteiger partial charge in [0.1, 0.15) is 12.2 Å². The number of aromatic nitrogens is 6. The molecule has 8 nitrogen and oxygen atoms in total. The zero-order valence-electron chi connectivity index (χ0n) is 9.35. The Morgan fingerprint density at radius 1 is 1.47 bits per heavy atom. The number of carbonyl (C=O) groups is 1. The molecule has 0 aliphatic rings. The Labute approximate surface area is 103 Å². The molecule has 1 amide bonds. The first-order valence-corrected chi connectivity index (χ1v) is 5.00. The number of nitrogens with one attached hydrogen (secondary N) is 1. The first-order chi connectivity index (χ1) is 8.85. The Bertz CT molecular complexity index is 574. The van der Waals surface area contributed by atoms with E-state index in [2.05, 4.69) is 25.5 Å². The predicted octanol–water partition coefficient (Wildman–Crippen LogP) is -0.347. The van der Waals surface area contributed by atoms with Crippen LogP contribution in [0, 0.1) is 0 Å². The topological polar surface area (TPSA) is 115 Å². The molecule has 0 bridgehead atoms. The van der Waals surface area contributed by atoms with Gasteiger partial charge in [-0.25, -0.2) is 9.67 Å². The van der Waals surface area contributed by atoms with E-state index in [0.29, 0.717) is 4.68 Å². The number of halogens is 3. The van der Waals surface area contributed by atoms with Crippen molar-refractivity contribution in [2.45, 2.75) is 19.1 Å². The van der Waals surface area contributed by atoms with Crippen LogP contribution in [0.2, 0.25) is 0 Å². The maximum absolute atomic E-state index is 12.4. The minimum atomic E-state index is -4.48. The van der Waals surface area contributed by atoms with Crippen molar-refractivity contribution >= 4 is 5.91 Å². The highest BCUT2D eigenvalue weighted by molar-refractivity contribution is 5.75. The number of nitrogens with two attached hydrogens (primary N) is 1. The lowest BCUT2D eigenvalue weighted by Gasteiger charge is -2.07. The first-order valence-electron chi connectivity index (χ1n) is 5.00. The van der Waals surface area contributed by atoms with Crippen molar-refractivity contribution in [1.29, 1.82) is 0 Å². The molecule has 2 aromatic rings. The van der Waals surface area contributed by atoms with Crippen molar-refractivity contribution < 1.29 is 18.0 Å². The smallest absolute Gasteiger partial charge is 0.369 e. The molecule has 19 heavy (non-hydrogen) atoms. The van der Waals surface area contributed by atoms with Crippen molar-refractivity contribution in [3.8, 4) is 11.5 Å². The summed E-state index contributed by atoms with van der Waals surface area (Å²) >= 11 is 0. The molecule has 0 radical (unpaired) electrons. The average Bonchev–Trinajstić information content (AvgIpc) is 2.83. The number of aromatic amines is 1. The molecular weight excluding hydrogens is 267 g/mol. The van der Waals surface area contributed by atoms with Crippen LogP contribution in [0.5, 0.6) is 0 Å². The molecule has 0 aromatic carbocycles. The number of alkyl halides is 3. The second kappa shape index (κ2) is 4.66. The third-order valence-electron chi connectivity index (χ3n) is 2.02. The van der Waals surface area contributed by atoms with E-state index in [4.69, 9.17) is 5.73 Å². The first kappa shape index (κ1) is 13.0. The molecule has 0 atom stereocenters. The van der Waals surface area contributed by atoms with Gasteiger partial charge in [0.15, 0.2) is 11.6 Å². The minimum absolute atomic E-state index is 0.0903. The number of rotatable bonds is 4. The summed E-state index contributed by atoms with van der Waals surface area (Å²) in [4.78, 5) is 14.5. The van der Waals surface area contributed by atoms with Crippen LogP contribution in [0.25, 0.3) is 11.5 Å². The normalized spacial score (nSPS) is 11.7. The van der Waals surface area contributed by atoms with E-state index in [1.165, 1.54) is 6.20 Å². The second-order valence-corrected chi connectivity index (χ2v) is 3.62. The molecule has 0 spiro atoms. The van der Waals surface area contributed by atoms with E-state index in [1.807, 2.05) is 0 Å². The highest BCUT2D eigenvalue weighted by Gasteiger charge is 2.31. The number of hydrogen-bond acceptors (Lipinski definition) is 5. The SMILES string of the molecule is NC(=O)Cc1nc(-c2cn[nH]n2)n(CC(F)(F)F)n1. The van der Waals surface area contributed by atoms with Gasteiger partial charge in [-0.05, 0) is 0 Å². The van der Waals surface area contributed by atoms with Crippen molar-refractivity contribution in [2.24, 2.45) is 5.73 Å². The third-order valence-corrected chi connectivity index (χ3v) is 2.02. The lowest BCUT2D eigenvalue weighted by molar-refractivity contribution is -0.142. The Hall–Kier alpha value is -2.46. The van der Waals surface area contributed by atoms with E-state index in [-0.39, 0.29) is 23.8 Å². The number of primary amides is 1. The molecular formula is C8H8F3N7O. The van der Waals surface area contributed by atoms with Gasteiger partial charge in [-0.3, -0.25) is 4.79 Å². The largest absolute Gasteiger partial charge is 0.408 e. The summed E-state index contributed by atoms with van der Waals surface area (Å²) < 4.78 is 37.8.